The smallest absolute Gasteiger partial charge is 0.322 e. The Balaban J connectivity index is 2.11. The number of carbonyl (C=O) groups excluding carboxylic acids is 1. The third-order valence-electron chi connectivity index (χ3n) is 4.58. The minimum atomic E-state index is -0.209. The number of hydrogen-bond donors (Lipinski definition) is 2. The number of nitrogens with zero attached hydrogens (tertiary/aromatic N) is 1. The standard InChI is InChI=1S/C16H29N3O/c1-15(2)9-13(17)10-16(3,4)19(15)14(20)18-11-12-7-5-6-8-12/h11,13H,5-10,17H2,1-4H3,(H,18,20). The van der Waals surface area contributed by atoms with Crippen molar-refractivity contribution in [1.82, 2.24) is 10.2 Å². The van der Waals surface area contributed by atoms with Gasteiger partial charge in [-0.3, -0.25) is 0 Å². The van der Waals surface area contributed by atoms with Gasteiger partial charge in [0.1, 0.15) is 0 Å². The van der Waals surface area contributed by atoms with E-state index in [2.05, 4.69) is 33.0 Å². The average Bonchev–Trinajstić information content (AvgIpc) is 2.74. The van der Waals surface area contributed by atoms with E-state index in [1.54, 1.807) is 0 Å². The maximum atomic E-state index is 12.6. The van der Waals surface area contributed by atoms with Gasteiger partial charge in [-0.15, -0.1) is 0 Å². The molecule has 0 atom stereocenters. The Morgan fingerprint density at radius 3 is 2.20 bits per heavy atom. The third-order valence-corrected chi connectivity index (χ3v) is 4.58. The molecule has 0 bridgehead atoms. The van der Waals surface area contributed by atoms with Crippen molar-refractivity contribution in [2.45, 2.75) is 83.3 Å². The summed E-state index contributed by atoms with van der Waals surface area (Å²) in [6, 6.07) is 0.170. The van der Waals surface area contributed by atoms with Crippen molar-refractivity contribution in [3.8, 4) is 0 Å². The lowest BCUT2D eigenvalue weighted by molar-refractivity contribution is 0.00439. The van der Waals surface area contributed by atoms with Gasteiger partial charge < -0.3 is 16.0 Å². The molecule has 2 rings (SSSR count). The van der Waals surface area contributed by atoms with Gasteiger partial charge in [0, 0.05) is 23.3 Å². The maximum absolute atomic E-state index is 12.6. The molecule has 1 aliphatic heterocycles. The van der Waals surface area contributed by atoms with Crippen LogP contribution in [0.1, 0.15) is 66.2 Å². The van der Waals surface area contributed by atoms with Crippen molar-refractivity contribution in [3.63, 3.8) is 0 Å². The van der Waals surface area contributed by atoms with Crippen LogP contribution in [-0.2, 0) is 0 Å². The highest BCUT2D eigenvalue weighted by Crippen LogP contribution is 2.37. The number of hydrogen-bond acceptors (Lipinski definition) is 2. The van der Waals surface area contributed by atoms with E-state index in [-0.39, 0.29) is 23.2 Å². The minimum absolute atomic E-state index is 0.00583. The Morgan fingerprint density at radius 1 is 1.20 bits per heavy atom. The van der Waals surface area contributed by atoms with E-state index in [1.807, 2.05) is 11.1 Å². The van der Waals surface area contributed by atoms with Crippen molar-refractivity contribution in [2.24, 2.45) is 5.73 Å². The molecule has 1 saturated carbocycles. The van der Waals surface area contributed by atoms with Gasteiger partial charge in [-0.25, -0.2) is 4.79 Å². The van der Waals surface area contributed by atoms with Gasteiger partial charge in [0.2, 0.25) is 0 Å². The first-order valence-electron chi connectivity index (χ1n) is 7.77. The molecule has 2 aliphatic rings. The van der Waals surface area contributed by atoms with Crippen molar-refractivity contribution in [2.75, 3.05) is 0 Å². The van der Waals surface area contributed by atoms with Crippen molar-refractivity contribution in [1.29, 1.82) is 0 Å². The first-order chi connectivity index (χ1) is 9.22. The summed E-state index contributed by atoms with van der Waals surface area (Å²) in [7, 11) is 0. The Labute approximate surface area is 122 Å². The zero-order chi connectivity index (χ0) is 15.0. The molecule has 1 aliphatic carbocycles. The van der Waals surface area contributed by atoms with Crippen LogP contribution >= 0.6 is 0 Å². The molecular formula is C16H29N3O. The van der Waals surface area contributed by atoms with Gasteiger partial charge in [-0.05, 0) is 66.2 Å². The van der Waals surface area contributed by atoms with E-state index in [1.165, 1.54) is 18.4 Å². The van der Waals surface area contributed by atoms with Crippen LogP contribution in [0.2, 0.25) is 0 Å². The predicted octanol–water partition coefficient (Wildman–Crippen LogP) is 3.13. The summed E-state index contributed by atoms with van der Waals surface area (Å²) >= 11 is 0. The van der Waals surface area contributed by atoms with Crippen molar-refractivity contribution < 1.29 is 4.79 Å². The highest BCUT2D eigenvalue weighted by molar-refractivity contribution is 5.77. The first-order valence-corrected chi connectivity index (χ1v) is 7.77. The lowest BCUT2D eigenvalue weighted by Crippen LogP contribution is -2.66. The molecule has 0 aromatic heterocycles. The van der Waals surface area contributed by atoms with E-state index in [0.717, 1.165) is 25.7 Å². The Bertz CT molecular complexity index is 386. The molecule has 0 aromatic rings. The number of amides is 2. The average molecular weight is 279 g/mol. The summed E-state index contributed by atoms with van der Waals surface area (Å²) in [6.07, 6.45) is 8.36. The fourth-order valence-electron chi connectivity index (χ4n) is 4.11. The van der Waals surface area contributed by atoms with E-state index in [9.17, 15) is 4.79 Å². The molecule has 2 fully saturated rings. The molecule has 4 heteroatoms. The SMILES string of the molecule is CC1(C)CC(N)CC(C)(C)N1C(=O)NC=C1CCCC1. The van der Waals surface area contributed by atoms with Crippen LogP contribution in [0.25, 0.3) is 0 Å². The molecule has 2 amide bonds. The normalized spacial score (nSPS) is 25.6. The Hall–Kier alpha value is -1.03. The minimum Gasteiger partial charge on any atom is -0.328 e. The highest BCUT2D eigenvalue weighted by Gasteiger charge is 2.46. The molecule has 4 nitrogen and oxygen atoms in total. The number of carbonyl (C=O) groups is 1. The number of allylic oxidation sites excluding steroid dienone is 1. The quantitative estimate of drug-likeness (QED) is 0.774. The van der Waals surface area contributed by atoms with Crippen molar-refractivity contribution in [3.05, 3.63) is 11.8 Å². The number of rotatable bonds is 1. The topological polar surface area (TPSA) is 58.4 Å². The molecule has 0 unspecified atom stereocenters. The van der Waals surface area contributed by atoms with Gasteiger partial charge in [0.05, 0.1) is 0 Å². The number of urea groups is 1. The van der Waals surface area contributed by atoms with Gasteiger partial charge in [0.25, 0.3) is 0 Å². The summed E-state index contributed by atoms with van der Waals surface area (Å²) < 4.78 is 0. The van der Waals surface area contributed by atoms with Crippen LogP contribution in [0.5, 0.6) is 0 Å². The summed E-state index contributed by atoms with van der Waals surface area (Å²) in [5.41, 5.74) is 7.10. The summed E-state index contributed by atoms with van der Waals surface area (Å²) in [5, 5.41) is 3.00. The molecule has 1 saturated heterocycles. The second kappa shape index (κ2) is 5.40. The van der Waals surface area contributed by atoms with E-state index < -0.39 is 0 Å². The molecule has 0 aromatic carbocycles. The van der Waals surface area contributed by atoms with Gasteiger partial charge in [0.15, 0.2) is 0 Å². The Kier molecular flexibility index (Phi) is 4.14. The van der Waals surface area contributed by atoms with Crippen LogP contribution in [0.4, 0.5) is 4.79 Å². The summed E-state index contributed by atoms with van der Waals surface area (Å²) in [5.74, 6) is 0. The van der Waals surface area contributed by atoms with Crippen LogP contribution in [0.3, 0.4) is 0 Å². The molecule has 114 valence electrons. The van der Waals surface area contributed by atoms with Gasteiger partial charge in [-0.2, -0.15) is 0 Å². The second-order valence-corrected chi connectivity index (χ2v) is 7.59. The molecular weight excluding hydrogens is 250 g/mol. The summed E-state index contributed by atoms with van der Waals surface area (Å²) in [6.45, 7) is 8.43. The maximum Gasteiger partial charge on any atom is 0.322 e. The highest BCUT2D eigenvalue weighted by atomic mass is 16.2. The molecule has 20 heavy (non-hydrogen) atoms. The first kappa shape index (κ1) is 15.4. The largest absolute Gasteiger partial charge is 0.328 e. The second-order valence-electron chi connectivity index (χ2n) is 7.59. The zero-order valence-electron chi connectivity index (χ0n) is 13.3. The van der Waals surface area contributed by atoms with E-state index in [4.69, 9.17) is 5.73 Å². The van der Waals surface area contributed by atoms with E-state index in [0.29, 0.717) is 0 Å². The van der Waals surface area contributed by atoms with Crippen LogP contribution < -0.4 is 11.1 Å². The summed E-state index contributed by atoms with van der Waals surface area (Å²) in [4.78, 5) is 14.6. The molecule has 3 N–H and O–H groups in total. The van der Waals surface area contributed by atoms with Crippen LogP contribution in [-0.4, -0.2) is 28.1 Å². The molecule has 1 heterocycles. The van der Waals surface area contributed by atoms with E-state index >= 15 is 0 Å². The fourth-order valence-corrected chi connectivity index (χ4v) is 4.11. The zero-order valence-corrected chi connectivity index (χ0v) is 13.3. The number of piperidine rings is 1. The lowest BCUT2D eigenvalue weighted by atomic mass is 9.77. The van der Waals surface area contributed by atoms with Gasteiger partial charge in [-0.1, -0.05) is 5.57 Å². The lowest BCUT2D eigenvalue weighted by Gasteiger charge is -2.54. The number of nitrogens with one attached hydrogen (secondary N) is 1. The predicted molar refractivity (Wildman–Crippen MR) is 82.3 cm³/mol. The van der Waals surface area contributed by atoms with Gasteiger partial charge >= 0.3 is 6.03 Å². The number of nitrogens with two attached hydrogens (primary N) is 1. The monoisotopic (exact) mass is 279 g/mol. The molecule has 0 radical (unpaired) electrons. The number of likely N-dealkylation sites (tertiary alicyclic amines) is 1. The van der Waals surface area contributed by atoms with Crippen LogP contribution in [0, 0.1) is 0 Å². The fraction of sp³-hybridized carbons (Fsp3) is 0.812. The Morgan fingerprint density at radius 2 is 1.70 bits per heavy atom. The van der Waals surface area contributed by atoms with Crippen LogP contribution in [0.15, 0.2) is 11.8 Å². The molecule has 0 spiro atoms. The third kappa shape index (κ3) is 3.17. The van der Waals surface area contributed by atoms with Crippen molar-refractivity contribution >= 4 is 6.03 Å².